The number of Topliss-reactive ketones (excluding diaryl/α,β-unsaturated/α-hetero) is 1. The molecule has 0 radical (unpaired) electrons. The van der Waals surface area contributed by atoms with E-state index in [1.807, 2.05) is 13.0 Å². The Kier molecular flexibility index (Phi) is 4.53. The maximum atomic E-state index is 11.4. The number of carbonyl (C=O) groups excluding carboxylic acids is 1. The van der Waals surface area contributed by atoms with Crippen molar-refractivity contribution in [1.29, 1.82) is 0 Å². The predicted octanol–water partition coefficient (Wildman–Crippen LogP) is 3.55. The quantitative estimate of drug-likeness (QED) is 0.523. The molecule has 0 aliphatic heterocycles. The average Bonchev–Trinajstić information content (AvgIpc) is 2.24. The molecule has 0 bridgehead atoms. The van der Waals surface area contributed by atoms with E-state index in [1.54, 1.807) is 7.11 Å². The van der Waals surface area contributed by atoms with Crippen molar-refractivity contribution in [1.82, 2.24) is 0 Å². The van der Waals surface area contributed by atoms with Crippen LogP contribution < -0.4 is 0 Å². The van der Waals surface area contributed by atoms with Gasteiger partial charge in [-0.15, -0.1) is 0 Å². The summed E-state index contributed by atoms with van der Waals surface area (Å²) in [5.74, 6) is 1.03. The lowest BCUT2D eigenvalue weighted by Gasteiger charge is -2.20. The van der Waals surface area contributed by atoms with E-state index in [0.717, 1.165) is 24.2 Å². The number of ether oxygens (including phenoxy) is 1. The Labute approximate surface area is 97.7 Å². The second-order valence-corrected chi connectivity index (χ2v) is 4.40. The van der Waals surface area contributed by atoms with Crippen LogP contribution in [0.3, 0.4) is 0 Å². The number of ketones is 1. The first-order chi connectivity index (χ1) is 7.54. The predicted molar refractivity (Wildman–Crippen MR) is 66.1 cm³/mol. The van der Waals surface area contributed by atoms with Crippen LogP contribution >= 0.6 is 0 Å². The van der Waals surface area contributed by atoms with Crippen LogP contribution in [0.15, 0.2) is 34.6 Å². The van der Waals surface area contributed by atoms with Crippen molar-refractivity contribution in [3.8, 4) is 0 Å². The highest BCUT2D eigenvalue weighted by molar-refractivity contribution is 6.06. The molecule has 1 aliphatic rings. The van der Waals surface area contributed by atoms with Crippen LogP contribution in [0.25, 0.3) is 0 Å². The second kappa shape index (κ2) is 5.69. The number of methoxy groups -OCH3 is 1. The highest BCUT2D eigenvalue weighted by atomic mass is 16.5. The molecule has 2 heteroatoms. The number of allylic oxidation sites excluding steroid dienone is 6. The lowest BCUT2D eigenvalue weighted by molar-refractivity contribution is -0.116. The number of rotatable bonds is 5. The van der Waals surface area contributed by atoms with Gasteiger partial charge in [-0.05, 0) is 39.7 Å². The largest absolute Gasteiger partial charge is 0.501 e. The first-order valence-electron chi connectivity index (χ1n) is 5.65. The van der Waals surface area contributed by atoms with E-state index in [9.17, 15) is 4.79 Å². The molecule has 88 valence electrons. The van der Waals surface area contributed by atoms with Gasteiger partial charge in [0.05, 0.1) is 12.9 Å². The van der Waals surface area contributed by atoms with Gasteiger partial charge in [-0.25, -0.2) is 0 Å². The summed E-state index contributed by atoms with van der Waals surface area (Å²) in [7, 11) is 1.62. The van der Waals surface area contributed by atoms with Crippen molar-refractivity contribution < 1.29 is 9.53 Å². The van der Waals surface area contributed by atoms with Gasteiger partial charge in [0.1, 0.15) is 0 Å². The maximum absolute atomic E-state index is 11.4. The lowest BCUT2D eigenvalue weighted by atomic mass is 9.83. The van der Waals surface area contributed by atoms with Gasteiger partial charge in [-0.2, -0.15) is 0 Å². The zero-order chi connectivity index (χ0) is 12.1. The molecule has 0 unspecified atom stereocenters. The standard InChI is InChI=1S/C14H20O2/c1-10(2)6-5-7-12-9-14(15)13(12)8-11(3)16-4/h6,8H,5,7,9H2,1-4H3/b11-8+. The highest BCUT2D eigenvalue weighted by Gasteiger charge is 2.24. The van der Waals surface area contributed by atoms with Gasteiger partial charge < -0.3 is 4.74 Å². The summed E-state index contributed by atoms with van der Waals surface area (Å²) < 4.78 is 5.06. The molecule has 0 saturated carbocycles. The van der Waals surface area contributed by atoms with Gasteiger partial charge in [0.2, 0.25) is 0 Å². The second-order valence-electron chi connectivity index (χ2n) is 4.40. The Morgan fingerprint density at radius 1 is 1.38 bits per heavy atom. The van der Waals surface area contributed by atoms with Gasteiger partial charge in [-0.1, -0.05) is 17.2 Å². The average molecular weight is 220 g/mol. The molecular weight excluding hydrogens is 200 g/mol. The Balaban J connectivity index is 2.65. The molecule has 0 heterocycles. The molecule has 0 aromatic rings. The van der Waals surface area contributed by atoms with Crippen molar-refractivity contribution in [2.75, 3.05) is 7.11 Å². The molecule has 16 heavy (non-hydrogen) atoms. The summed E-state index contributed by atoms with van der Waals surface area (Å²) in [4.78, 5) is 11.4. The molecule has 0 aromatic heterocycles. The van der Waals surface area contributed by atoms with Crippen molar-refractivity contribution in [2.45, 2.75) is 40.0 Å². The van der Waals surface area contributed by atoms with E-state index in [-0.39, 0.29) is 5.78 Å². The fourth-order valence-electron chi connectivity index (χ4n) is 1.68. The van der Waals surface area contributed by atoms with Crippen molar-refractivity contribution in [3.05, 3.63) is 34.6 Å². The van der Waals surface area contributed by atoms with Gasteiger partial charge >= 0.3 is 0 Å². The van der Waals surface area contributed by atoms with E-state index >= 15 is 0 Å². The minimum Gasteiger partial charge on any atom is -0.501 e. The van der Waals surface area contributed by atoms with Crippen LogP contribution in [0, 0.1) is 0 Å². The lowest BCUT2D eigenvalue weighted by Crippen LogP contribution is -2.17. The van der Waals surface area contributed by atoms with Gasteiger partial charge in [0.15, 0.2) is 5.78 Å². The van der Waals surface area contributed by atoms with Crippen LogP contribution in [-0.4, -0.2) is 12.9 Å². The van der Waals surface area contributed by atoms with Gasteiger partial charge in [-0.3, -0.25) is 4.79 Å². The van der Waals surface area contributed by atoms with Crippen LogP contribution in [0.5, 0.6) is 0 Å². The Morgan fingerprint density at radius 3 is 2.56 bits per heavy atom. The topological polar surface area (TPSA) is 26.3 Å². The summed E-state index contributed by atoms with van der Waals surface area (Å²) in [5.41, 5.74) is 3.46. The van der Waals surface area contributed by atoms with E-state index in [1.165, 1.54) is 11.1 Å². The van der Waals surface area contributed by atoms with E-state index in [2.05, 4.69) is 19.9 Å². The minimum absolute atomic E-state index is 0.239. The first kappa shape index (κ1) is 12.8. The molecule has 0 N–H and O–H groups in total. The maximum Gasteiger partial charge on any atom is 0.167 e. The molecule has 0 atom stereocenters. The highest BCUT2D eigenvalue weighted by Crippen LogP contribution is 2.30. The summed E-state index contributed by atoms with van der Waals surface area (Å²) in [6.07, 6.45) is 6.69. The SMILES string of the molecule is CO/C(C)=C/C1=C(CCC=C(C)C)CC1=O. The summed E-state index contributed by atoms with van der Waals surface area (Å²) in [6, 6.07) is 0. The summed E-state index contributed by atoms with van der Waals surface area (Å²) in [6.45, 7) is 6.05. The van der Waals surface area contributed by atoms with Gasteiger partial charge in [0.25, 0.3) is 0 Å². The Bertz CT molecular complexity index is 366. The molecule has 1 rings (SSSR count). The van der Waals surface area contributed by atoms with Crippen molar-refractivity contribution >= 4 is 5.78 Å². The minimum atomic E-state index is 0.239. The summed E-state index contributed by atoms with van der Waals surface area (Å²) >= 11 is 0. The molecule has 1 aliphatic carbocycles. The first-order valence-corrected chi connectivity index (χ1v) is 5.65. The van der Waals surface area contributed by atoms with Crippen molar-refractivity contribution in [2.24, 2.45) is 0 Å². The number of carbonyl (C=O) groups is 1. The Hall–Kier alpha value is -1.31. The number of hydrogen-bond donors (Lipinski definition) is 0. The third-order valence-corrected chi connectivity index (χ3v) is 2.72. The molecule has 0 spiro atoms. The molecule has 0 aromatic carbocycles. The van der Waals surface area contributed by atoms with Crippen LogP contribution in [0.2, 0.25) is 0 Å². The zero-order valence-corrected chi connectivity index (χ0v) is 10.6. The van der Waals surface area contributed by atoms with Gasteiger partial charge in [0, 0.05) is 12.0 Å². The van der Waals surface area contributed by atoms with E-state index in [0.29, 0.717) is 6.42 Å². The van der Waals surface area contributed by atoms with E-state index < -0.39 is 0 Å². The van der Waals surface area contributed by atoms with E-state index in [4.69, 9.17) is 4.74 Å². The van der Waals surface area contributed by atoms with Crippen LogP contribution in [-0.2, 0) is 9.53 Å². The van der Waals surface area contributed by atoms with Crippen LogP contribution in [0.4, 0.5) is 0 Å². The molecule has 0 saturated heterocycles. The van der Waals surface area contributed by atoms with Crippen LogP contribution in [0.1, 0.15) is 40.0 Å². The molecular formula is C14H20O2. The number of hydrogen-bond acceptors (Lipinski definition) is 2. The van der Waals surface area contributed by atoms with Crippen molar-refractivity contribution in [3.63, 3.8) is 0 Å². The third kappa shape index (κ3) is 3.37. The molecule has 0 fully saturated rings. The Morgan fingerprint density at radius 2 is 2.06 bits per heavy atom. The molecule has 2 nitrogen and oxygen atoms in total. The zero-order valence-electron chi connectivity index (χ0n) is 10.6. The summed E-state index contributed by atoms with van der Waals surface area (Å²) in [5, 5.41) is 0. The monoisotopic (exact) mass is 220 g/mol. The smallest absolute Gasteiger partial charge is 0.167 e. The third-order valence-electron chi connectivity index (χ3n) is 2.72. The fraction of sp³-hybridized carbons (Fsp3) is 0.500. The molecule has 0 amide bonds. The normalized spacial score (nSPS) is 16.0. The fourth-order valence-corrected chi connectivity index (χ4v) is 1.68.